The zero-order valence-corrected chi connectivity index (χ0v) is 20.8. The molecule has 0 fully saturated rings. The summed E-state index contributed by atoms with van der Waals surface area (Å²) in [7, 11) is 1.60. The minimum absolute atomic E-state index is 0.0572. The summed E-state index contributed by atoms with van der Waals surface area (Å²) >= 11 is 1.38. The molecule has 8 nitrogen and oxygen atoms in total. The van der Waals surface area contributed by atoms with E-state index in [4.69, 9.17) is 27.4 Å². The molecule has 0 amide bonds. The average Bonchev–Trinajstić information content (AvgIpc) is 3.49. The molecule has 2 heterocycles. The fraction of sp³-hybridized carbons (Fsp3) is 0.259. The highest BCUT2D eigenvalue weighted by atomic mass is 32.1. The molecule has 4 aromatic rings. The van der Waals surface area contributed by atoms with Crippen LogP contribution in [0.4, 0.5) is 0 Å². The summed E-state index contributed by atoms with van der Waals surface area (Å²) in [5, 5.41) is 2.71. The van der Waals surface area contributed by atoms with Crippen LogP contribution in [0.5, 0.6) is 5.75 Å². The van der Waals surface area contributed by atoms with Crippen molar-refractivity contribution in [3.63, 3.8) is 0 Å². The van der Waals surface area contributed by atoms with Crippen molar-refractivity contribution in [1.82, 2.24) is 9.97 Å². The molecule has 182 valence electrons. The van der Waals surface area contributed by atoms with Gasteiger partial charge in [-0.2, -0.15) is 0 Å². The molecule has 0 aliphatic rings. The van der Waals surface area contributed by atoms with Crippen molar-refractivity contribution in [3.05, 3.63) is 81.0 Å². The highest BCUT2D eigenvalue weighted by Gasteiger charge is 2.18. The third-order valence-corrected chi connectivity index (χ3v) is 6.53. The van der Waals surface area contributed by atoms with E-state index >= 15 is 0 Å². The van der Waals surface area contributed by atoms with E-state index in [0.717, 1.165) is 23.1 Å². The number of fused-ring (bicyclic) bond motifs is 2. The summed E-state index contributed by atoms with van der Waals surface area (Å²) in [6.45, 7) is 18.6. The molecule has 0 atom stereocenters. The van der Waals surface area contributed by atoms with Crippen LogP contribution in [0.15, 0.2) is 42.5 Å². The quantitative estimate of drug-likeness (QED) is 0.211. The van der Waals surface area contributed by atoms with Gasteiger partial charge in [0.05, 0.1) is 47.8 Å². The molecule has 2 aromatic carbocycles. The van der Waals surface area contributed by atoms with Crippen LogP contribution >= 0.6 is 11.3 Å². The second-order valence-corrected chi connectivity index (χ2v) is 8.83. The minimum Gasteiger partial charge on any atom is -0.497 e. The monoisotopic (exact) mass is 500 g/mol. The number of esters is 1. The van der Waals surface area contributed by atoms with Gasteiger partial charge in [0.15, 0.2) is 0 Å². The predicted molar refractivity (Wildman–Crippen MR) is 140 cm³/mol. The standard InChI is InChI=1S/C27H24N4O4S/c1-5-6-13-34-14-15-35-27(32)25(29-3)23-19-10-8-7-9-18(19)22(31-23)24(28-2)26-30-20-12-11-17(33-4)16-21(20)36-26/h7-12,16,31H,5-6,13-15H2,1,4H3/b24-22+,25-23+. The number of ether oxygens (including phenoxy) is 3. The molecule has 0 aliphatic heterocycles. The molecular weight excluding hydrogens is 476 g/mol. The first-order valence-electron chi connectivity index (χ1n) is 11.4. The molecule has 0 bridgehead atoms. The SMILES string of the molecule is [C-]#[N+]/C(C(=O)OCCOCCCC)=c1/[nH]/c(=C(/[N+]#[C-])c2nc3ccc(OC)cc3s2)c2ccccc12. The number of carbonyl (C=O) groups is 1. The maximum atomic E-state index is 12.8. The number of hydrogen-bond acceptors (Lipinski definition) is 6. The first-order valence-corrected chi connectivity index (χ1v) is 12.2. The molecule has 4 rings (SSSR count). The van der Waals surface area contributed by atoms with Crippen LogP contribution in [0.1, 0.15) is 24.8 Å². The van der Waals surface area contributed by atoms with E-state index in [-0.39, 0.29) is 18.9 Å². The normalized spacial score (nSPS) is 12.7. The van der Waals surface area contributed by atoms with Gasteiger partial charge in [0.25, 0.3) is 5.70 Å². The van der Waals surface area contributed by atoms with Crippen molar-refractivity contribution >= 4 is 49.7 Å². The van der Waals surface area contributed by atoms with Crippen LogP contribution < -0.4 is 15.4 Å². The van der Waals surface area contributed by atoms with E-state index in [1.165, 1.54) is 11.3 Å². The van der Waals surface area contributed by atoms with Gasteiger partial charge in [-0.3, -0.25) is 4.79 Å². The molecule has 0 radical (unpaired) electrons. The van der Waals surface area contributed by atoms with Crippen LogP contribution in [0, 0.1) is 13.1 Å². The van der Waals surface area contributed by atoms with Crippen molar-refractivity contribution in [1.29, 1.82) is 0 Å². The summed E-state index contributed by atoms with van der Waals surface area (Å²) in [5.74, 6) is -0.0284. The van der Waals surface area contributed by atoms with Gasteiger partial charge in [0, 0.05) is 6.61 Å². The van der Waals surface area contributed by atoms with E-state index < -0.39 is 5.97 Å². The van der Waals surface area contributed by atoms with E-state index in [1.54, 1.807) is 7.11 Å². The third kappa shape index (κ3) is 5.08. The van der Waals surface area contributed by atoms with Crippen molar-refractivity contribution in [2.24, 2.45) is 0 Å². The van der Waals surface area contributed by atoms with E-state index in [9.17, 15) is 4.79 Å². The van der Waals surface area contributed by atoms with Gasteiger partial charge in [-0.1, -0.05) is 37.6 Å². The lowest BCUT2D eigenvalue weighted by Gasteiger charge is -2.05. The Bertz CT molecular complexity index is 1620. The molecule has 9 heteroatoms. The molecule has 0 saturated carbocycles. The van der Waals surface area contributed by atoms with Crippen LogP contribution in [0.3, 0.4) is 0 Å². The Morgan fingerprint density at radius 1 is 1.06 bits per heavy atom. The topological polar surface area (TPSA) is 82.2 Å². The fourth-order valence-electron chi connectivity index (χ4n) is 3.71. The Balaban J connectivity index is 1.81. The number of thiazole rings is 1. The summed E-state index contributed by atoms with van der Waals surface area (Å²) < 4.78 is 16.9. The van der Waals surface area contributed by atoms with Gasteiger partial charge >= 0.3 is 5.97 Å². The van der Waals surface area contributed by atoms with Gasteiger partial charge in [0.2, 0.25) is 5.70 Å². The molecule has 1 N–H and O–H groups in total. The van der Waals surface area contributed by atoms with Gasteiger partial charge < -0.3 is 19.2 Å². The lowest BCUT2D eigenvalue weighted by molar-refractivity contribution is -0.138. The first-order chi connectivity index (χ1) is 17.6. The molecule has 0 unspecified atom stereocenters. The number of rotatable bonds is 9. The number of nitrogens with one attached hydrogen (secondary N) is 1. The molecule has 0 aliphatic carbocycles. The highest BCUT2D eigenvalue weighted by molar-refractivity contribution is 7.19. The smallest absolute Gasteiger partial charge is 0.338 e. The Morgan fingerprint density at radius 3 is 2.53 bits per heavy atom. The number of hydrogen-bond donors (Lipinski definition) is 1. The summed E-state index contributed by atoms with van der Waals surface area (Å²) in [6.07, 6.45) is 1.96. The first kappa shape index (κ1) is 24.9. The molecular formula is C27H24N4O4S. The van der Waals surface area contributed by atoms with Crippen molar-refractivity contribution in [3.8, 4) is 5.75 Å². The summed E-state index contributed by atoms with van der Waals surface area (Å²) in [4.78, 5) is 27.8. The Labute approximate surface area is 212 Å². The largest absolute Gasteiger partial charge is 0.497 e. The maximum Gasteiger partial charge on any atom is 0.338 e. The third-order valence-electron chi connectivity index (χ3n) is 5.51. The van der Waals surface area contributed by atoms with Crippen LogP contribution in [-0.4, -0.2) is 42.9 Å². The van der Waals surface area contributed by atoms with E-state index in [1.807, 2.05) is 42.5 Å². The number of H-pyrrole nitrogens is 1. The fourth-order valence-corrected chi connectivity index (χ4v) is 4.70. The lowest BCUT2D eigenvalue weighted by Crippen LogP contribution is -2.20. The van der Waals surface area contributed by atoms with Crippen LogP contribution in [0.2, 0.25) is 0 Å². The van der Waals surface area contributed by atoms with Crippen molar-refractivity contribution in [2.75, 3.05) is 26.9 Å². The number of unbranched alkanes of at least 4 members (excludes halogenated alkanes) is 1. The van der Waals surface area contributed by atoms with E-state index in [2.05, 4.69) is 26.6 Å². The van der Waals surface area contributed by atoms with Crippen LogP contribution in [0.25, 0.3) is 42.1 Å². The van der Waals surface area contributed by atoms with Gasteiger partial charge in [-0.25, -0.2) is 14.7 Å². The molecule has 0 spiro atoms. The molecule has 36 heavy (non-hydrogen) atoms. The summed E-state index contributed by atoms with van der Waals surface area (Å²) in [6, 6.07) is 12.9. The van der Waals surface area contributed by atoms with Crippen molar-refractivity contribution in [2.45, 2.75) is 19.8 Å². The number of aromatic nitrogens is 2. The molecule has 2 aromatic heterocycles. The zero-order valence-electron chi connectivity index (χ0n) is 20.0. The second-order valence-electron chi connectivity index (χ2n) is 7.80. The zero-order chi connectivity index (χ0) is 25.5. The number of nitrogens with zero attached hydrogens (tertiary/aromatic N) is 3. The Hall–Kier alpha value is -4.18. The number of carbonyl (C=O) groups excluding carboxylic acids is 1. The van der Waals surface area contributed by atoms with Gasteiger partial charge in [-0.05, 0) is 35.4 Å². The second kappa shape index (κ2) is 11.5. The maximum absolute atomic E-state index is 12.8. The summed E-state index contributed by atoms with van der Waals surface area (Å²) in [5.41, 5.74) is 0.884. The lowest BCUT2D eigenvalue weighted by atomic mass is 10.2. The average molecular weight is 501 g/mol. The number of benzene rings is 2. The van der Waals surface area contributed by atoms with Gasteiger partial charge in [0.1, 0.15) is 17.4 Å². The Morgan fingerprint density at radius 2 is 1.83 bits per heavy atom. The number of aromatic amines is 1. The minimum atomic E-state index is -0.737. The Kier molecular flexibility index (Phi) is 7.96. The van der Waals surface area contributed by atoms with Crippen molar-refractivity contribution < 1.29 is 19.0 Å². The predicted octanol–water partition coefficient (Wildman–Crippen LogP) is 4.25. The van der Waals surface area contributed by atoms with Gasteiger partial charge in [-0.15, -0.1) is 11.3 Å². The van der Waals surface area contributed by atoms with E-state index in [0.29, 0.717) is 44.5 Å². The highest BCUT2D eigenvalue weighted by Crippen LogP contribution is 2.29. The van der Waals surface area contributed by atoms with Crippen LogP contribution in [-0.2, 0) is 14.3 Å². The number of methoxy groups -OCH3 is 1. The molecule has 0 saturated heterocycles.